The number of hydrogen-bond donors (Lipinski definition) is 1. The first-order valence-electron chi connectivity index (χ1n) is 8.07. The molecule has 0 saturated heterocycles. The summed E-state index contributed by atoms with van der Waals surface area (Å²) < 4.78 is 4.95. The molecule has 0 saturated carbocycles. The smallest absolute Gasteiger partial charge is 0.261 e. The first-order valence-corrected chi connectivity index (χ1v) is 8.45. The quantitative estimate of drug-likeness (QED) is 0.624. The van der Waals surface area contributed by atoms with Crippen LogP contribution in [0.25, 0.3) is 0 Å². The van der Waals surface area contributed by atoms with Crippen LogP contribution >= 0.6 is 11.6 Å². The van der Waals surface area contributed by atoms with Gasteiger partial charge in [0.15, 0.2) is 0 Å². The Morgan fingerprint density at radius 1 is 1.12 bits per heavy atom. The maximum atomic E-state index is 12.5. The molecule has 2 aromatic carbocycles. The van der Waals surface area contributed by atoms with Crippen molar-refractivity contribution in [1.82, 2.24) is 4.90 Å². The minimum Gasteiger partial charge on any atom is -0.385 e. The van der Waals surface area contributed by atoms with Crippen LogP contribution in [-0.2, 0) is 4.74 Å². The average molecular weight is 373 g/mol. The highest BCUT2D eigenvalue weighted by atomic mass is 35.5. The molecule has 3 rings (SSSR count). The van der Waals surface area contributed by atoms with Gasteiger partial charge in [0.05, 0.1) is 11.1 Å². The highest BCUT2D eigenvalue weighted by Gasteiger charge is 2.35. The van der Waals surface area contributed by atoms with Gasteiger partial charge in [0.1, 0.15) is 0 Å². The summed E-state index contributed by atoms with van der Waals surface area (Å²) in [6, 6.07) is 11.3. The van der Waals surface area contributed by atoms with E-state index in [0.29, 0.717) is 34.9 Å². The lowest BCUT2D eigenvalue weighted by Gasteiger charge is -2.12. The molecule has 2 aromatic rings. The van der Waals surface area contributed by atoms with Crippen molar-refractivity contribution in [2.45, 2.75) is 6.42 Å². The predicted molar refractivity (Wildman–Crippen MR) is 97.7 cm³/mol. The van der Waals surface area contributed by atoms with Gasteiger partial charge in [-0.3, -0.25) is 19.3 Å². The van der Waals surface area contributed by atoms with Crippen LogP contribution < -0.4 is 5.32 Å². The molecule has 26 heavy (non-hydrogen) atoms. The zero-order valence-electron chi connectivity index (χ0n) is 14.1. The summed E-state index contributed by atoms with van der Waals surface area (Å²) in [6.45, 7) is 0.741. The molecule has 6 nitrogen and oxygen atoms in total. The zero-order chi connectivity index (χ0) is 18.7. The first kappa shape index (κ1) is 18.1. The normalized spacial score (nSPS) is 13.1. The number of carbonyl (C=O) groups excluding carboxylic acids is 3. The molecular weight excluding hydrogens is 356 g/mol. The van der Waals surface area contributed by atoms with Gasteiger partial charge in [0.25, 0.3) is 17.7 Å². The fraction of sp³-hybridized carbons (Fsp3) is 0.211. The molecule has 0 aromatic heterocycles. The maximum Gasteiger partial charge on any atom is 0.261 e. The Bertz CT molecular complexity index is 882. The van der Waals surface area contributed by atoms with Crippen LogP contribution in [0.15, 0.2) is 42.5 Å². The van der Waals surface area contributed by atoms with Gasteiger partial charge in [-0.1, -0.05) is 17.7 Å². The number of fused-ring (bicyclic) bond motifs is 1. The van der Waals surface area contributed by atoms with E-state index in [2.05, 4.69) is 5.32 Å². The maximum absolute atomic E-state index is 12.5. The van der Waals surface area contributed by atoms with E-state index in [1.165, 1.54) is 23.1 Å². The van der Waals surface area contributed by atoms with Crippen molar-refractivity contribution in [1.29, 1.82) is 0 Å². The van der Waals surface area contributed by atoms with Crippen LogP contribution in [0.4, 0.5) is 5.69 Å². The number of halogens is 1. The molecule has 1 aliphatic rings. The molecule has 0 atom stereocenters. The minimum atomic E-state index is -0.390. The number of hydrogen-bond acceptors (Lipinski definition) is 4. The van der Waals surface area contributed by atoms with Crippen molar-refractivity contribution in [3.8, 4) is 0 Å². The second-order valence-electron chi connectivity index (χ2n) is 5.83. The molecule has 0 fully saturated rings. The van der Waals surface area contributed by atoms with E-state index in [-0.39, 0.29) is 23.9 Å². The van der Waals surface area contributed by atoms with Gasteiger partial charge in [0.2, 0.25) is 0 Å². The molecular formula is C19H17ClN2O4. The Balaban J connectivity index is 1.78. The zero-order valence-corrected chi connectivity index (χ0v) is 14.9. The standard InChI is InChI=1S/C19H17ClN2O4/c1-26-9-3-8-22-18(24)15-7-6-12(10-16(15)19(22)25)17(23)21-14-5-2-4-13(20)11-14/h2,4-7,10-11H,3,8-9H2,1H3,(H,21,23). The second-order valence-corrected chi connectivity index (χ2v) is 6.27. The van der Waals surface area contributed by atoms with Gasteiger partial charge >= 0.3 is 0 Å². The van der Waals surface area contributed by atoms with Crippen LogP contribution in [0.5, 0.6) is 0 Å². The Morgan fingerprint density at radius 2 is 1.88 bits per heavy atom. The minimum absolute atomic E-state index is 0.242. The predicted octanol–water partition coefficient (Wildman–Crippen LogP) is 3.22. The van der Waals surface area contributed by atoms with Gasteiger partial charge in [0, 0.05) is 36.5 Å². The molecule has 0 aliphatic carbocycles. The topological polar surface area (TPSA) is 75.7 Å². The Hall–Kier alpha value is -2.70. The number of rotatable bonds is 6. The van der Waals surface area contributed by atoms with Crippen LogP contribution in [0, 0.1) is 0 Å². The summed E-state index contributed by atoms with van der Waals surface area (Å²) >= 11 is 5.91. The second kappa shape index (κ2) is 7.68. The third kappa shape index (κ3) is 3.61. The summed E-state index contributed by atoms with van der Waals surface area (Å²) in [4.78, 5) is 38.5. The SMILES string of the molecule is COCCCN1C(=O)c2ccc(C(=O)Nc3cccc(Cl)c3)cc2C1=O. The largest absolute Gasteiger partial charge is 0.385 e. The third-order valence-electron chi connectivity index (χ3n) is 4.05. The molecule has 0 unspecified atom stereocenters. The molecule has 7 heteroatoms. The van der Waals surface area contributed by atoms with Crippen LogP contribution in [0.2, 0.25) is 5.02 Å². The molecule has 1 aliphatic heterocycles. The van der Waals surface area contributed by atoms with Gasteiger partial charge in [-0.05, 0) is 42.8 Å². The average Bonchev–Trinajstić information content (AvgIpc) is 2.86. The Labute approximate surface area is 155 Å². The number of benzene rings is 2. The number of carbonyl (C=O) groups is 3. The van der Waals surface area contributed by atoms with Crippen molar-refractivity contribution in [2.24, 2.45) is 0 Å². The van der Waals surface area contributed by atoms with Crippen molar-refractivity contribution in [3.63, 3.8) is 0 Å². The molecule has 0 spiro atoms. The van der Waals surface area contributed by atoms with E-state index in [9.17, 15) is 14.4 Å². The highest BCUT2D eigenvalue weighted by molar-refractivity contribution is 6.31. The van der Waals surface area contributed by atoms with Gasteiger partial charge in [-0.15, -0.1) is 0 Å². The monoisotopic (exact) mass is 372 g/mol. The number of ether oxygens (including phenoxy) is 1. The molecule has 1 heterocycles. The summed E-state index contributed by atoms with van der Waals surface area (Å²) in [5, 5.41) is 3.22. The van der Waals surface area contributed by atoms with Gasteiger partial charge < -0.3 is 10.1 Å². The fourth-order valence-electron chi connectivity index (χ4n) is 2.77. The van der Waals surface area contributed by atoms with E-state index in [1.807, 2.05) is 0 Å². The number of nitrogens with one attached hydrogen (secondary N) is 1. The highest BCUT2D eigenvalue weighted by Crippen LogP contribution is 2.25. The molecule has 0 radical (unpaired) electrons. The number of imide groups is 1. The molecule has 134 valence electrons. The van der Waals surface area contributed by atoms with Crippen molar-refractivity contribution in [3.05, 3.63) is 64.2 Å². The van der Waals surface area contributed by atoms with Crippen LogP contribution in [0.3, 0.4) is 0 Å². The molecule has 3 amide bonds. The van der Waals surface area contributed by atoms with Crippen molar-refractivity contribution in [2.75, 3.05) is 25.6 Å². The summed E-state index contributed by atoms with van der Waals surface area (Å²) in [7, 11) is 1.56. The lowest BCUT2D eigenvalue weighted by atomic mass is 10.1. The summed E-state index contributed by atoms with van der Waals surface area (Å²) in [5.74, 6) is -1.12. The van der Waals surface area contributed by atoms with E-state index in [4.69, 9.17) is 16.3 Å². The first-order chi connectivity index (χ1) is 12.5. The Morgan fingerprint density at radius 3 is 2.62 bits per heavy atom. The fourth-order valence-corrected chi connectivity index (χ4v) is 2.96. The third-order valence-corrected chi connectivity index (χ3v) is 4.28. The number of methoxy groups -OCH3 is 1. The van der Waals surface area contributed by atoms with E-state index in [1.54, 1.807) is 31.4 Å². The van der Waals surface area contributed by atoms with Gasteiger partial charge in [-0.2, -0.15) is 0 Å². The van der Waals surface area contributed by atoms with Crippen LogP contribution in [-0.4, -0.2) is 42.9 Å². The lowest BCUT2D eigenvalue weighted by Crippen LogP contribution is -2.31. The summed E-state index contributed by atoms with van der Waals surface area (Å²) in [6.07, 6.45) is 0.560. The molecule has 0 bridgehead atoms. The Kier molecular flexibility index (Phi) is 5.35. The lowest BCUT2D eigenvalue weighted by molar-refractivity contribution is 0.0638. The van der Waals surface area contributed by atoms with E-state index in [0.717, 1.165) is 0 Å². The number of nitrogens with zero attached hydrogens (tertiary/aromatic N) is 1. The van der Waals surface area contributed by atoms with E-state index >= 15 is 0 Å². The molecule has 1 N–H and O–H groups in total. The summed E-state index contributed by atoms with van der Waals surface area (Å²) in [5.41, 5.74) is 1.40. The van der Waals surface area contributed by atoms with Crippen LogP contribution in [0.1, 0.15) is 37.5 Å². The van der Waals surface area contributed by atoms with E-state index < -0.39 is 5.91 Å². The van der Waals surface area contributed by atoms with Crippen molar-refractivity contribution >= 4 is 35.0 Å². The van der Waals surface area contributed by atoms with Crippen molar-refractivity contribution < 1.29 is 19.1 Å². The van der Waals surface area contributed by atoms with Gasteiger partial charge in [-0.25, -0.2) is 0 Å². The number of anilines is 1. The number of amides is 3.